The Kier molecular flexibility index (Phi) is 6.46. The molecule has 0 amide bonds. The number of nitrogens with one attached hydrogen (secondary N) is 2. The maximum atomic E-state index is 11.6. The highest BCUT2D eigenvalue weighted by Crippen LogP contribution is 2.02. The number of hydrogen-bond donors (Lipinski definition) is 2. The molecule has 98 valence electrons. The third-order valence-corrected chi connectivity index (χ3v) is 3.04. The third-order valence-electron chi connectivity index (χ3n) is 2.44. The summed E-state index contributed by atoms with van der Waals surface area (Å²) in [5.41, 5.74) is 1.41. The zero-order chi connectivity index (χ0) is 13.4. The Morgan fingerprint density at radius 1 is 1.44 bits per heavy atom. The van der Waals surface area contributed by atoms with Crippen molar-refractivity contribution in [2.45, 2.75) is 12.6 Å². The molecule has 0 heterocycles. The molecule has 0 unspecified atom stereocenters. The van der Waals surface area contributed by atoms with E-state index < -0.39 is 12.0 Å². The zero-order valence-corrected chi connectivity index (χ0v) is 11.4. The first-order valence-corrected chi connectivity index (χ1v) is 6.99. The van der Waals surface area contributed by atoms with Crippen molar-refractivity contribution in [3.8, 4) is 0 Å². The summed E-state index contributed by atoms with van der Waals surface area (Å²) in [7, 11) is 1.34. The minimum Gasteiger partial charge on any atom is -0.468 e. The van der Waals surface area contributed by atoms with E-state index in [2.05, 4.69) is 5.32 Å². The molecule has 1 rings (SSSR count). The van der Waals surface area contributed by atoms with E-state index in [-0.39, 0.29) is 0 Å². The van der Waals surface area contributed by atoms with Gasteiger partial charge in [-0.25, -0.2) is 4.79 Å². The molecule has 18 heavy (non-hydrogen) atoms. The average Bonchev–Trinajstić information content (AvgIpc) is 2.40. The fraction of sp³-hybridized carbons (Fsp3) is 0.385. The number of rotatable bonds is 7. The van der Waals surface area contributed by atoms with Crippen molar-refractivity contribution in [3.63, 3.8) is 0 Å². The minimum absolute atomic E-state index is 0.338. The first kappa shape index (κ1) is 14.7. The van der Waals surface area contributed by atoms with Gasteiger partial charge in [0.25, 0.3) is 0 Å². The molecule has 1 aromatic carbocycles. The molecular formula is C13H18N2O2S. The van der Waals surface area contributed by atoms with E-state index in [1.54, 1.807) is 0 Å². The molecule has 0 bridgehead atoms. The predicted molar refractivity (Wildman–Crippen MR) is 75.2 cm³/mol. The van der Waals surface area contributed by atoms with Crippen LogP contribution in [0.25, 0.3) is 0 Å². The Morgan fingerprint density at radius 2 is 2.11 bits per heavy atom. The molecule has 4 nitrogen and oxygen atoms in total. The summed E-state index contributed by atoms with van der Waals surface area (Å²) < 4.78 is 4.72. The van der Waals surface area contributed by atoms with Crippen molar-refractivity contribution in [2.24, 2.45) is 0 Å². The van der Waals surface area contributed by atoms with E-state index in [9.17, 15) is 4.79 Å². The number of esters is 1. The van der Waals surface area contributed by atoms with Gasteiger partial charge in [-0.05, 0) is 11.8 Å². The molecule has 0 saturated heterocycles. The van der Waals surface area contributed by atoms with Crippen LogP contribution in [0.1, 0.15) is 5.56 Å². The molecule has 0 aliphatic rings. The number of carbonyl (C=O) groups excluding carboxylic acids is 1. The lowest BCUT2D eigenvalue weighted by Gasteiger charge is -2.17. The first-order chi connectivity index (χ1) is 8.69. The topological polar surface area (TPSA) is 62.2 Å². The van der Waals surface area contributed by atoms with Crippen molar-refractivity contribution in [1.29, 1.82) is 5.41 Å². The van der Waals surface area contributed by atoms with Crippen LogP contribution in [0.2, 0.25) is 0 Å². The highest BCUT2D eigenvalue weighted by molar-refractivity contribution is 7.99. The Morgan fingerprint density at radius 3 is 2.67 bits per heavy atom. The molecule has 0 fully saturated rings. The number of thioether (sulfide) groups is 1. The van der Waals surface area contributed by atoms with Crippen LogP contribution in [0.5, 0.6) is 0 Å². The average molecular weight is 266 g/mol. The van der Waals surface area contributed by atoms with Gasteiger partial charge in [-0.2, -0.15) is 11.8 Å². The van der Waals surface area contributed by atoms with E-state index in [1.807, 2.05) is 36.6 Å². The van der Waals surface area contributed by atoms with Crippen LogP contribution in [0.3, 0.4) is 0 Å². The van der Waals surface area contributed by atoms with Crippen LogP contribution in [-0.4, -0.2) is 36.8 Å². The number of benzene rings is 1. The molecule has 0 spiro atoms. The van der Waals surface area contributed by atoms with Crippen molar-refractivity contribution < 1.29 is 9.53 Å². The van der Waals surface area contributed by atoms with Gasteiger partial charge in [-0.15, -0.1) is 0 Å². The van der Waals surface area contributed by atoms with Gasteiger partial charge in [0.15, 0.2) is 0 Å². The van der Waals surface area contributed by atoms with Gasteiger partial charge in [0, 0.05) is 18.0 Å². The number of carbonyl (C=O) groups is 1. The SMILES string of the molecule is COC(=O)[C@@H](NCc1ccccc1)C(=N)CSC. The summed E-state index contributed by atoms with van der Waals surface area (Å²) in [5.74, 6) is 0.103. The second-order valence-electron chi connectivity index (χ2n) is 3.78. The van der Waals surface area contributed by atoms with Crippen molar-refractivity contribution >= 4 is 23.4 Å². The molecule has 0 radical (unpaired) electrons. The maximum absolute atomic E-state index is 11.6. The molecule has 5 heteroatoms. The first-order valence-electron chi connectivity index (χ1n) is 5.60. The number of methoxy groups -OCH3 is 1. The molecule has 0 aliphatic carbocycles. The van der Waals surface area contributed by atoms with Crippen molar-refractivity contribution in [2.75, 3.05) is 19.1 Å². The van der Waals surface area contributed by atoms with Crippen LogP contribution in [0, 0.1) is 5.41 Å². The van der Waals surface area contributed by atoms with Gasteiger partial charge in [-0.3, -0.25) is 5.32 Å². The second-order valence-corrected chi connectivity index (χ2v) is 4.65. The quantitative estimate of drug-likeness (QED) is 0.582. The van der Waals surface area contributed by atoms with Gasteiger partial charge < -0.3 is 10.1 Å². The number of hydrogen-bond acceptors (Lipinski definition) is 5. The standard InChI is InChI=1S/C13H18N2O2S/c1-17-13(16)12(11(14)9-18-2)15-8-10-6-4-3-5-7-10/h3-7,12,14-15H,8-9H2,1-2H3/t12-/m0/s1. The van der Waals surface area contributed by atoms with Gasteiger partial charge in [0.1, 0.15) is 6.04 Å². The van der Waals surface area contributed by atoms with E-state index in [0.29, 0.717) is 18.0 Å². The molecule has 0 aliphatic heterocycles. The normalized spacial score (nSPS) is 11.9. The van der Waals surface area contributed by atoms with E-state index in [0.717, 1.165) is 5.56 Å². The van der Waals surface area contributed by atoms with Crippen LogP contribution in [0.15, 0.2) is 30.3 Å². The molecular weight excluding hydrogens is 248 g/mol. The molecule has 0 aromatic heterocycles. The van der Waals surface area contributed by atoms with Crippen LogP contribution >= 0.6 is 11.8 Å². The summed E-state index contributed by atoms with van der Waals surface area (Å²) in [4.78, 5) is 11.6. The van der Waals surface area contributed by atoms with Gasteiger partial charge in [0.2, 0.25) is 0 Å². The lowest BCUT2D eigenvalue weighted by Crippen LogP contribution is -2.44. The Hall–Kier alpha value is -1.33. The Labute approximate surface area is 112 Å². The third kappa shape index (κ3) is 4.50. The summed E-state index contributed by atoms with van der Waals surface area (Å²) in [6, 6.07) is 9.10. The van der Waals surface area contributed by atoms with Crippen molar-refractivity contribution in [1.82, 2.24) is 5.32 Å². The molecule has 0 saturated carbocycles. The largest absolute Gasteiger partial charge is 0.468 e. The van der Waals surface area contributed by atoms with E-state index in [4.69, 9.17) is 10.1 Å². The second kappa shape index (κ2) is 7.89. The fourth-order valence-corrected chi connectivity index (χ4v) is 2.00. The van der Waals surface area contributed by atoms with Crippen LogP contribution < -0.4 is 5.32 Å². The lowest BCUT2D eigenvalue weighted by atomic mass is 10.1. The zero-order valence-electron chi connectivity index (χ0n) is 10.6. The highest BCUT2D eigenvalue weighted by atomic mass is 32.2. The number of ether oxygens (including phenoxy) is 1. The van der Waals surface area contributed by atoms with E-state index in [1.165, 1.54) is 18.9 Å². The molecule has 1 atom stereocenters. The maximum Gasteiger partial charge on any atom is 0.328 e. The summed E-state index contributed by atoms with van der Waals surface area (Å²) in [6.45, 7) is 0.539. The highest BCUT2D eigenvalue weighted by Gasteiger charge is 2.23. The van der Waals surface area contributed by atoms with Gasteiger partial charge >= 0.3 is 5.97 Å². The van der Waals surface area contributed by atoms with Crippen molar-refractivity contribution in [3.05, 3.63) is 35.9 Å². The monoisotopic (exact) mass is 266 g/mol. The molecule has 2 N–H and O–H groups in total. The Bertz CT molecular complexity index is 395. The smallest absolute Gasteiger partial charge is 0.328 e. The van der Waals surface area contributed by atoms with E-state index >= 15 is 0 Å². The predicted octanol–water partition coefficient (Wildman–Crippen LogP) is 1.70. The fourth-order valence-electron chi connectivity index (χ4n) is 1.52. The van der Waals surface area contributed by atoms with Crippen LogP contribution in [0.4, 0.5) is 0 Å². The summed E-state index contributed by atoms with van der Waals surface area (Å²) in [5, 5.41) is 10.9. The Balaban J connectivity index is 2.62. The van der Waals surface area contributed by atoms with Gasteiger partial charge in [-0.1, -0.05) is 30.3 Å². The molecule has 1 aromatic rings. The summed E-state index contributed by atoms with van der Waals surface area (Å²) >= 11 is 1.52. The lowest BCUT2D eigenvalue weighted by molar-refractivity contribution is -0.141. The minimum atomic E-state index is -0.664. The van der Waals surface area contributed by atoms with Crippen LogP contribution in [-0.2, 0) is 16.1 Å². The van der Waals surface area contributed by atoms with Gasteiger partial charge in [0.05, 0.1) is 7.11 Å². The summed E-state index contributed by atoms with van der Waals surface area (Å²) in [6.07, 6.45) is 1.90.